The van der Waals surface area contributed by atoms with Crippen molar-refractivity contribution < 1.29 is 9.32 Å². The minimum absolute atomic E-state index is 0.0130. The van der Waals surface area contributed by atoms with E-state index in [9.17, 15) is 4.79 Å². The highest BCUT2D eigenvalue weighted by molar-refractivity contribution is 5.76. The highest BCUT2D eigenvalue weighted by Gasteiger charge is 2.56. The lowest BCUT2D eigenvalue weighted by molar-refractivity contribution is -0.0616. The van der Waals surface area contributed by atoms with E-state index < -0.39 is 0 Å². The van der Waals surface area contributed by atoms with Crippen molar-refractivity contribution in [3.05, 3.63) is 11.7 Å². The Balaban J connectivity index is 1.35. The number of rotatable bonds is 4. The number of amides is 2. The van der Waals surface area contributed by atoms with Gasteiger partial charge >= 0.3 is 6.03 Å². The number of hydrogen-bond donors (Lipinski definition) is 1. The van der Waals surface area contributed by atoms with E-state index in [1.165, 1.54) is 25.7 Å². The Bertz CT molecular complexity index is 587. The average Bonchev–Trinajstić information content (AvgIpc) is 3.03. The molecule has 126 valence electrons. The molecular weight excluding hydrogens is 292 g/mol. The van der Waals surface area contributed by atoms with Crippen LogP contribution in [-0.4, -0.2) is 33.7 Å². The molecule has 1 saturated heterocycles. The smallest absolute Gasteiger partial charge is 0.318 e. The van der Waals surface area contributed by atoms with Crippen molar-refractivity contribution in [1.29, 1.82) is 0 Å². The van der Waals surface area contributed by atoms with Crippen LogP contribution in [0, 0.1) is 11.3 Å². The van der Waals surface area contributed by atoms with E-state index in [1.54, 1.807) is 0 Å². The fraction of sp³-hybridized carbons (Fsp3) is 0.824. The first-order chi connectivity index (χ1) is 11.1. The van der Waals surface area contributed by atoms with Crippen LogP contribution in [0.2, 0.25) is 0 Å². The Morgan fingerprint density at radius 3 is 2.78 bits per heavy atom. The minimum Gasteiger partial charge on any atom is -0.339 e. The van der Waals surface area contributed by atoms with Gasteiger partial charge in [-0.15, -0.1) is 0 Å². The van der Waals surface area contributed by atoms with Crippen LogP contribution in [0.3, 0.4) is 0 Å². The standard InChI is InChI=1S/C17H26N4O2/c1-11(2)14-17(7-3-4-8-17)10-21(14)16(22)18-9-13-19-15(23-20-13)12-5-6-12/h11-12,14H,3-10H2,1-2H3,(H,18,22)/t14-/m0/s1. The van der Waals surface area contributed by atoms with Gasteiger partial charge in [0, 0.05) is 23.9 Å². The van der Waals surface area contributed by atoms with Crippen LogP contribution in [0.4, 0.5) is 4.79 Å². The third-order valence-corrected chi connectivity index (χ3v) is 5.75. The average molecular weight is 318 g/mol. The summed E-state index contributed by atoms with van der Waals surface area (Å²) in [5.41, 5.74) is 0.386. The Morgan fingerprint density at radius 1 is 1.39 bits per heavy atom. The van der Waals surface area contributed by atoms with Gasteiger partial charge in [0.25, 0.3) is 0 Å². The number of aromatic nitrogens is 2. The number of likely N-dealkylation sites (tertiary alicyclic amines) is 1. The number of hydrogen-bond acceptors (Lipinski definition) is 4. The molecule has 1 aromatic rings. The van der Waals surface area contributed by atoms with Gasteiger partial charge in [-0.05, 0) is 31.6 Å². The number of nitrogens with zero attached hydrogens (tertiary/aromatic N) is 3. The summed E-state index contributed by atoms with van der Waals surface area (Å²) in [4.78, 5) is 18.9. The number of nitrogens with one attached hydrogen (secondary N) is 1. The summed E-state index contributed by atoms with van der Waals surface area (Å²) >= 11 is 0. The normalized spacial score (nSPS) is 25.9. The maximum absolute atomic E-state index is 12.5. The van der Waals surface area contributed by atoms with Crippen molar-refractivity contribution in [3.63, 3.8) is 0 Å². The van der Waals surface area contributed by atoms with Crippen molar-refractivity contribution in [3.8, 4) is 0 Å². The zero-order valence-electron chi connectivity index (χ0n) is 14.0. The molecule has 0 aromatic carbocycles. The monoisotopic (exact) mass is 318 g/mol. The van der Waals surface area contributed by atoms with Gasteiger partial charge < -0.3 is 14.7 Å². The summed E-state index contributed by atoms with van der Waals surface area (Å²) in [5.74, 6) is 2.26. The summed E-state index contributed by atoms with van der Waals surface area (Å²) < 4.78 is 5.23. The van der Waals surface area contributed by atoms with Crippen molar-refractivity contribution in [1.82, 2.24) is 20.4 Å². The van der Waals surface area contributed by atoms with Crippen LogP contribution < -0.4 is 5.32 Å². The molecule has 23 heavy (non-hydrogen) atoms. The molecule has 0 unspecified atom stereocenters. The fourth-order valence-corrected chi connectivity index (χ4v) is 4.64. The number of carbonyl (C=O) groups is 1. The summed E-state index contributed by atoms with van der Waals surface area (Å²) in [6, 6.07) is 0.385. The van der Waals surface area contributed by atoms with Crippen molar-refractivity contribution in [2.45, 2.75) is 70.9 Å². The number of urea groups is 1. The predicted molar refractivity (Wildman–Crippen MR) is 84.7 cm³/mol. The van der Waals surface area contributed by atoms with Gasteiger partial charge in [0.15, 0.2) is 5.82 Å². The lowest BCUT2D eigenvalue weighted by Crippen LogP contribution is -2.68. The SMILES string of the molecule is CC(C)[C@@H]1N(C(=O)NCc2noc(C3CC3)n2)CC12CCCC2. The molecule has 2 amide bonds. The quantitative estimate of drug-likeness (QED) is 0.926. The highest BCUT2D eigenvalue weighted by Crippen LogP contribution is 2.52. The maximum atomic E-state index is 12.5. The van der Waals surface area contributed by atoms with Gasteiger partial charge in [0.2, 0.25) is 5.89 Å². The topological polar surface area (TPSA) is 71.3 Å². The van der Waals surface area contributed by atoms with E-state index in [1.807, 2.05) is 4.90 Å². The molecule has 3 aliphatic rings. The molecule has 1 spiro atoms. The van der Waals surface area contributed by atoms with Gasteiger partial charge in [0.05, 0.1) is 6.54 Å². The van der Waals surface area contributed by atoms with E-state index in [2.05, 4.69) is 29.3 Å². The molecule has 1 atom stereocenters. The molecule has 2 heterocycles. The lowest BCUT2D eigenvalue weighted by atomic mass is 9.66. The van der Waals surface area contributed by atoms with Gasteiger partial charge in [-0.25, -0.2) is 4.79 Å². The third-order valence-electron chi connectivity index (χ3n) is 5.75. The molecule has 6 heteroatoms. The van der Waals surface area contributed by atoms with Crippen LogP contribution in [0.5, 0.6) is 0 Å². The van der Waals surface area contributed by atoms with E-state index in [-0.39, 0.29) is 6.03 Å². The second-order valence-electron chi connectivity index (χ2n) is 7.87. The van der Waals surface area contributed by atoms with E-state index in [0.29, 0.717) is 35.7 Å². The summed E-state index contributed by atoms with van der Waals surface area (Å²) in [6.45, 7) is 5.71. The molecule has 0 bridgehead atoms. The predicted octanol–water partition coefficient (Wildman–Crippen LogP) is 3.06. The summed E-state index contributed by atoms with van der Waals surface area (Å²) in [5, 5.41) is 6.93. The van der Waals surface area contributed by atoms with Gasteiger partial charge in [0.1, 0.15) is 0 Å². The maximum Gasteiger partial charge on any atom is 0.318 e. The van der Waals surface area contributed by atoms with E-state index in [4.69, 9.17) is 4.52 Å². The largest absolute Gasteiger partial charge is 0.339 e. The van der Waals surface area contributed by atoms with Gasteiger partial charge in [-0.3, -0.25) is 0 Å². The van der Waals surface area contributed by atoms with Crippen LogP contribution in [0.25, 0.3) is 0 Å². The van der Waals surface area contributed by atoms with Crippen LogP contribution in [0.1, 0.15) is 70.0 Å². The van der Waals surface area contributed by atoms with Crippen molar-refractivity contribution in [2.24, 2.45) is 11.3 Å². The zero-order chi connectivity index (χ0) is 16.0. The van der Waals surface area contributed by atoms with Crippen molar-refractivity contribution in [2.75, 3.05) is 6.54 Å². The molecule has 2 aliphatic carbocycles. The first kappa shape index (κ1) is 15.0. The molecule has 1 N–H and O–H groups in total. The van der Waals surface area contributed by atoms with Gasteiger partial charge in [-0.1, -0.05) is 31.8 Å². The molecular formula is C17H26N4O2. The second kappa shape index (κ2) is 5.49. The molecule has 0 radical (unpaired) electrons. The Kier molecular flexibility index (Phi) is 3.58. The highest BCUT2D eigenvalue weighted by atomic mass is 16.5. The summed E-state index contributed by atoms with van der Waals surface area (Å²) in [7, 11) is 0. The second-order valence-corrected chi connectivity index (χ2v) is 7.87. The molecule has 6 nitrogen and oxygen atoms in total. The van der Waals surface area contributed by atoms with E-state index in [0.717, 1.165) is 25.3 Å². The first-order valence-electron chi connectivity index (χ1n) is 8.96. The Morgan fingerprint density at radius 2 is 2.13 bits per heavy atom. The molecule has 1 aromatic heterocycles. The molecule has 4 rings (SSSR count). The molecule has 2 saturated carbocycles. The third kappa shape index (κ3) is 2.62. The first-order valence-corrected chi connectivity index (χ1v) is 8.96. The van der Waals surface area contributed by atoms with Crippen molar-refractivity contribution >= 4 is 6.03 Å². The fourth-order valence-electron chi connectivity index (χ4n) is 4.64. The van der Waals surface area contributed by atoms with Crippen LogP contribution in [0.15, 0.2) is 4.52 Å². The summed E-state index contributed by atoms with van der Waals surface area (Å²) in [6.07, 6.45) is 7.45. The number of carbonyl (C=O) groups excluding carboxylic acids is 1. The zero-order valence-corrected chi connectivity index (χ0v) is 14.0. The molecule has 3 fully saturated rings. The Hall–Kier alpha value is -1.59. The van der Waals surface area contributed by atoms with Crippen LogP contribution in [-0.2, 0) is 6.54 Å². The minimum atomic E-state index is 0.0130. The van der Waals surface area contributed by atoms with Crippen LogP contribution >= 0.6 is 0 Å². The lowest BCUT2D eigenvalue weighted by Gasteiger charge is -2.58. The molecule has 1 aliphatic heterocycles. The Labute approximate surface area is 137 Å². The van der Waals surface area contributed by atoms with Gasteiger partial charge in [-0.2, -0.15) is 4.98 Å². The van der Waals surface area contributed by atoms with E-state index >= 15 is 0 Å².